The molecule has 2 heterocycles. The molecular weight excluding hydrogens is 329 g/mol. The summed E-state index contributed by atoms with van der Waals surface area (Å²) in [6.45, 7) is 3.51. The van der Waals surface area contributed by atoms with Crippen LogP contribution < -0.4 is 0 Å². The van der Waals surface area contributed by atoms with Crippen LogP contribution in [0.2, 0.25) is 0 Å². The van der Waals surface area contributed by atoms with Gasteiger partial charge in [-0.2, -0.15) is 17.5 Å². The standard InChI is InChI=1S/C15H19F3N2O2S/c1-11-9-19-8-4-5-12(19)10-20(11)23(21,22)14-7-3-2-6-13(14)15(16,17)18/h2-3,6-7,11-12H,4-5,8-10H2,1H3/t11-,12-/m0/s1. The molecule has 0 amide bonds. The van der Waals surface area contributed by atoms with Crippen LogP contribution in [-0.2, 0) is 16.2 Å². The lowest BCUT2D eigenvalue weighted by Gasteiger charge is -2.41. The first-order chi connectivity index (χ1) is 10.7. The quantitative estimate of drug-likeness (QED) is 0.825. The second-order valence-corrected chi connectivity index (χ2v) is 8.07. The first-order valence-electron chi connectivity index (χ1n) is 7.63. The number of rotatable bonds is 2. The van der Waals surface area contributed by atoms with Crippen molar-refractivity contribution < 1.29 is 21.6 Å². The van der Waals surface area contributed by atoms with E-state index in [9.17, 15) is 21.6 Å². The number of sulfonamides is 1. The Morgan fingerprint density at radius 1 is 1.17 bits per heavy atom. The molecule has 23 heavy (non-hydrogen) atoms. The van der Waals surface area contributed by atoms with Crippen LogP contribution in [0.15, 0.2) is 29.2 Å². The van der Waals surface area contributed by atoms with Crippen LogP contribution in [0.3, 0.4) is 0 Å². The number of hydrogen-bond donors (Lipinski definition) is 0. The number of piperazine rings is 1. The van der Waals surface area contributed by atoms with E-state index in [-0.39, 0.29) is 18.6 Å². The molecule has 2 fully saturated rings. The van der Waals surface area contributed by atoms with Crippen molar-refractivity contribution in [2.24, 2.45) is 0 Å². The molecule has 1 aromatic rings. The molecule has 0 aromatic heterocycles. The Labute approximate surface area is 133 Å². The van der Waals surface area contributed by atoms with E-state index in [1.54, 1.807) is 6.92 Å². The maximum Gasteiger partial charge on any atom is 0.417 e. The maximum absolute atomic E-state index is 13.2. The molecule has 1 aromatic carbocycles. The highest BCUT2D eigenvalue weighted by atomic mass is 32.2. The largest absolute Gasteiger partial charge is 0.417 e. The zero-order chi connectivity index (χ0) is 16.8. The number of nitrogens with zero attached hydrogens (tertiary/aromatic N) is 2. The normalized spacial score (nSPS) is 27.1. The summed E-state index contributed by atoms with van der Waals surface area (Å²) < 4.78 is 66.5. The van der Waals surface area contributed by atoms with E-state index in [1.807, 2.05) is 0 Å². The highest BCUT2D eigenvalue weighted by molar-refractivity contribution is 7.89. The molecule has 0 spiro atoms. The summed E-state index contributed by atoms with van der Waals surface area (Å²) in [6.07, 6.45) is -2.80. The Morgan fingerprint density at radius 2 is 1.87 bits per heavy atom. The van der Waals surface area contributed by atoms with Gasteiger partial charge in [0.05, 0.1) is 10.5 Å². The maximum atomic E-state index is 13.2. The molecular formula is C15H19F3N2O2S. The van der Waals surface area contributed by atoms with Crippen molar-refractivity contribution in [2.45, 2.75) is 42.9 Å². The number of halogens is 3. The van der Waals surface area contributed by atoms with Gasteiger partial charge in [0.25, 0.3) is 0 Å². The minimum Gasteiger partial charge on any atom is -0.297 e. The zero-order valence-electron chi connectivity index (χ0n) is 12.8. The lowest BCUT2D eigenvalue weighted by atomic mass is 10.1. The van der Waals surface area contributed by atoms with E-state index in [2.05, 4.69) is 4.90 Å². The predicted molar refractivity (Wildman–Crippen MR) is 79.4 cm³/mol. The Kier molecular flexibility index (Phi) is 4.18. The molecule has 0 unspecified atom stereocenters. The zero-order valence-corrected chi connectivity index (χ0v) is 13.6. The molecule has 3 rings (SSSR count). The second-order valence-electron chi connectivity index (χ2n) is 6.21. The van der Waals surface area contributed by atoms with Gasteiger partial charge in [-0.25, -0.2) is 8.42 Å². The monoisotopic (exact) mass is 348 g/mol. The van der Waals surface area contributed by atoms with E-state index in [0.29, 0.717) is 6.54 Å². The van der Waals surface area contributed by atoms with Crippen molar-refractivity contribution in [1.82, 2.24) is 9.21 Å². The third kappa shape index (κ3) is 2.99. The lowest BCUT2D eigenvalue weighted by molar-refractivity contribution is -0.139. The SMILES string of the molecule is C[C@H]1CN2CCC[C@H]2CN1S(=O)(=O)c1ccccc1C(F)(F)F. The molecule has 0 bridgehead atoms. The average molecular weight is 348 g/mol. The van der Waals surface area contributed by atoms with Gasteiger partial charge in [-0.15, -0.1) is 0 Å². The Morgan fingerprint density at radius 3 is 2.57 bits per heavy atom. The van der Waals surface area contributed by atoms with E-state index < -0.39 is 26.7 Å². The predicted octanol–water partition coefficient (Wildman–Crippen LogP) is 2.56. The van der Waals surface area contributed by atoms with Crippen LogP contribution >= 0.6 is 0 Å². The lowest BCUT2D eigenvalue weighted by Crippen LogP contribution is -2.56. The topological polar surface area (TPSA) is 40.6 Å². The molecule has 128 valence electrons. The Bertz CT molecular complexity index is 690. The smallest absolute Gasteiger partial charge is 0.297 e. The van der Waals surface area contributed by atoms with Gasteiger partial charge >= 0.3 is 6.18 Å². The van der Waals surface area contributed by atoms with E-state index in [4.69, 9.17) is 0 Å². The number of fused-ring (bicyclic) bond motifs is 1. The molecule has 4 nitrogen and oxygen atoms in total. The average Bonchev–Trinajstić information content (AvgIpc) is 2.92. The van der Waals surface area contributed by atoms with Gasteiger partial charge in [-0.3, -0.25) is 4.90 Å². The van der Waals surface area contributed by atoms with Gasteiger partial charge in [0.1, 0.15) is 0 Å². The third-order valence-electron chi connectivity index (χ3n) is 4.66. The highest BCUT2D eigenvalue weighted by Gasteiger charge is 2.43. The third-order valence-corrected chi connectivity index (χ3v) is 6.70. The minimum atomic E-state index is -4.69. The van der Waals surface area contributed by atoms with Crippen LogP contribution in [0.5, 0.6) is 0 Å². The van der Waals surface area contributed by atoms with E-state index >= 15 is 0 Å². The fraction of sp³-hybridized carbons (Fsp3) is 0.600. The van der Waals surface area contributed by atoms with Crippen LogP contribution in [0.1, 0.15) is 25.3 Å². The van der Waals surface area contributed by atoms with Crippen molar-refractivity contribution in [3.05, 3.63) is 29.8 Å². The van der Waals surface area contributed by atoms with Gasteiger partial charge in [0.15, 0.2) is 0 Å². The summed E-state index contributed by atoms with van der Waals surface area (Å²) in [4.78, 5) is 1.58. The molecule has 2 aliphatic heterocycles. The number of benzene rings is 1. The summed E-state index contributed by atoms with van der Waals surface area (Å²) >= 11 is 0. The Hall–Kier alpha value is -1.12. The van der Waals surface area contributed by atoms with Gasteiger partial charge in [0, 0.05) is 25.2 Å². The minimum absolute atomic E-state index is 0.110. The highest BCUT2D eigenvalue weighted by Crippen LogP contribution is 2.37. The van der Waals surface area contributed by atoms with Crippen LogP contribution in [0, 0.1) is 0 Å². The van der Waals surface area contributed by atoms with Gasteiger partial charge in [-0.1, -0.05) is 12.1 Å². The fourth-order valence-electron chi connectivity index (χ4n) is 3.55. The molecule has 2 atom stereocenters. The van der Waals surface area contributed by atoms with Gasteiger partial charge < -0.3 is 0 Å². The summed E-state index contributed by atoms with van der Waals surface area (Å²) in [5.41, 5.74) is -1.10. The summed E-state index contributed by atoms with van der Waals surface area (Å²) in [5.74, 6) is 0. The molecule has 0 aliphatic carbocycles. The first-order valence-corrected chi connectivity index (χ1v) is 9.07. The molecule has 0 saturated carbocycles. The van der Waals surface area contributed by atoms with Crippen molar-refractivity contribution in [2.75, 3.05) is 19.6 Å². The number of hydrogen-bond acceptors (Lipinski definition) is 3. The van der Waals surface area contributed by atoms with Crippen molar-refractivity contribution in [1.29, 1.82) is 0 Å². The van der Waals surface area contributed by atoms with E-state index in [1.165, 1.54) is 16.4 Å². The summed E-state index contributed by atoms with van der Waals surface area (Å²) in [7, 11) is -4.18. The Balaban J connectivity index is 1.99. The van der Waals surface area contributed by atoms with Gasteiger partial charge in [-0.05, 0) is 38.4 Å². The molecule has 8 heteroatoms. The number of alkyl halides is 3. The first kappa shape index (κ1) is 16.7. The molecule has 2 saturated heterocycles. The second kappa shape index (κ2) is 5.75. The molecule has 0 N–H and O–H groups in total. The van der Waals surface area contributed by atoms with Crippen LogP contribution in [-0.4, -0.2) is 49.3 Å². The van der Waals surface area contributed by atoms with Crippen molar-refractivity contribution in [3.63, 3.8) is 0 Å². The summed E-state index contributed by atoms with van der Waals surface area (Å²) in [5, 5.41) is 0. The van der Waals surface area contributed by atoms with E-state index in [0.717, 1.165) is 31.5 Å². The van der Waals surface area contributed by atoms with Gasteiger partial charge in [0.2, 0.25) is 10.0 Å². The van der Waals surface area contributed by atoms with Crippen LogP contribution in [0.25, 0.3) is 0 Å². The van der Waals surface area contributed by atoms with Crippen molar-refractivity contribution in [3.8, 4) is 0 Å². The molecule has 0 radical (unpaired) electrons. The summed E-state index contributed by atoms with van der Waals surface area (Å²) in [6, 6.07) is 4.18. The van der Waals surface area contributed by atoms with Crippen molar-refractivity contribution >= 4 is 10.0 Å². The van der Waals surface area contributed by atoms with Crippen LogP contribution in [0.4, 0.5) is 13.2 Å². The fourth-order valence-corrected chi connectivity index (χ4v) is 5.42. The molecule has 2 aliphatic rings.